The second-order valence-electron chi connectivity index (χ2n) is 5.50. The maximum atomic E-state index is 13.0. The van der Waals surface area contributed by atoms with Crippen LogP contribution in [0.1, 0.15) is 23.4 Å². The number of fused-ring (bicyclic) bond motifs is 3. The summed E-state index contributed by atoms with van der Waals surface area (Å²) in [6.45, 7) is 1.61. The Morgan fingerprint density at radius 1 is 1.40 bits per heavy atom. The molecule has 2 aromatic heterocycles. The van der Waals surface area contributed by atoms with E-state index in [0.717, 1.165) is 12.1 Å². The van der Waals surface area contributed by atoms with Gasteiger partial charge in [0.2, 0.25) is 5.65 Å². The number of nitrogens with zero attached hydrogens (tertiary/aromatic N) is 2. The molecule has 0 spiro atoms. The minimum atomic E-state index is -4.66. The van der Waals surface area contributed by atoms with Crippen LogP contribution in [0.5, 0.6) is 0 Å². The SMILES string of the molecule is Cc1c(CCC(=O)O)nc2c(=O)[nH]c3cc(C(F)(F)F)c(Cl)cc3n12. The molecule has 0 atom stereocenters. The molecule has 0 unspecified atom stereocenters. The van der Waals surface area contributed by atoms with E-state index in [1.165, 1.54) is 4.40 Å². The number of carbonyl (C=O) groups is 1. The maximum Gasteiger partial charge on any atom is 0.417 e. The standard InChI is InChI=1S/C15H11ClF3N3O3/c1-6-9(2-3-12(23)24)20-13-14(25)21-10-4-7(15(17,18)19)8(16)5-11(10)22(6)13/h4-5H,2-3H2,1H3,(H,21,25)(H,23,24). The highest BCUT2D eigenvalue weighted by Crippen LogP contribution is 2.36. The zero-order valence-electron chi connectivity index (χ0n) is 12.7. The quantitative estimate of drug-likeness (QED) is 0.738. The van der Waals surface area contributed by atoms with Gasteiger partial charge < -0.3 is 10.1 Å². The monoisotopic (exact) mass is 373 g/mol. The second kappa shape index (κ2) is 5.76. The number of rotatable bonds is 3. The molecule has 2 heterocycles. The second-order valence-corrected chi connectivity index (χ2v) is 5.90. The van der Waals surface area contributed by atoms with Gasteiger partial charge in [0.05, 0.1) is 33.7 Å². The molecule has 3 aromatic rings. The molecular weight excluding hydrogens is 363 g/mol. The molecule has 0 aliphatic carbocycles. The van der Waals surface area contributed by atoms with E-state index in [-0.39, 0.29) is 29.5 Å². The third-order valence-corrected chi connectivity index (χ3v) is 4.18. The number of carboxylic acid groups (broad SMARTS) is 1. The number of alkyl halides is 3. The Labute approximate surface area is 142 Å². The Bertz CT molecular complexity index is 1070. The number of aliphatic carboxylic acids is 1. The zero-order valence-corrected chi connectivity index (χ0v) is 13.5. The molecule has 0 aliphatic heterocycles. The van der Waals surface area contributed by atoms with Crippen LogP contribution in [-0.4, -0.2) is 25.4 Å². The highest BCUT2D eigenvalue weighted by atomic mass is 35.5. The van der Waals surface area contributed by atoms with Crippen molar-refractivity contribution in [1.29, 1.82) is 0 Å². The normalized spacial score (nSPS) is 12.2. The zero-order chi connectivity index (χ0) is 18.5. The highest BCUT2D eigenvalue weighted by molar-refractivity contribution is 6.32. The molecule has 0 fully saturated rings. The fourth-order valence-corrected chi connectivity index (χ4v) is 2.96. The fourth-order valence-electron chi connectivity index (χ4n) is 2.70. The lowest BCUT2D eigenvalue weighted by Gasteiger charge is -2.11. The van der Waals surface area contributed by atoms with Gasteiger partial charge in [0.25, 0.3) is 5.56 Å². The van der Waals surface area contributed by atoms with Gasteiger partial charge in [-0.05, 0) is 19.1 Å². The number of nitrogens with one attached hydrogen (secondary N) is 1. The van der Waals surface area contributed by atoms with Crippen molar-refractivity contribution in [2.24, 2.45) is 0 Å². The lowest BCUT2D eigenvalue weighted by Crippen LogP contribution is -2.13. The van der Waals surface area contributed by atoms with E-state index in [1.54, 1.807) is 6.92 Å². The van der Waals surface area contributed by atoms with Crippen LogP contribution >= 0.6 is 11.6 Å². The molecule has 0 bridgehead atoms. The largest absolute Gasteiger partial charge is 0.481 e. The van der Waals surface area contributed by atoms with Crippen LogP contribution in [0.3, 0.4) is 0 Å². The molecule has 10 heteroatoms. The topological polar surface area (TPSA) is 87.5 Å². The predicted octanol–water partition coefficient (Wildman–Crippen LogP) is 3.17. The lowest BCUT2D eigenvalue weighted by atomic mass is 10.1. The summed E-state index contributed by atoms with van der Waals surface area (Å²) in [5.74, 6) is -1.02. The molecular formula is C15H11ClF3N3O3. The molecule has 0 amide bonds. The fraction of sp³-hybridized carbons (Fsp3) is 0.267. The average Bonchev–Trinajstić information content (AvgIpc) is 2.82. The lowest BCUT2D eigenvalue weighted by molar-refractivity contribution is -0.138. The smallest absolute Gasteiger partial charge is 0.417 e. The van der Waals surface area contributed by atoms with E-state index >= 15 is 0 Å². The summed E-state index contributed by atoms with van der Waals surface area (Å²) in [5, 5.41) is 8.28. The molecule has 1 aromatic carbocycles. The number of aryl methyl sites for hydroxylation is 2. The molecule has 0 radical (unpaired) electrons. The van der Waals surface area contributed by atoms with E-state index in [2.05, 4.69) is 9.97 Å². The Hall–Kier alpha value is -2.55. The van der Waals surface area contributed by atoms with Crippen molar-refractivity contribution in [3.63, 3.8) is 0 Å². The molecule has 0 saturated heterocycles. The van der Waals surface area contributed by atoms with Crippen molar-refractivity contribution in [3.8, 4) is 0 Å². The summed E-state index contributed by atoms with van der Waals surface area (Å²) in [6.07, 6.45) is -4.74. The van der Waals surface area contributed by atoms with Crippen molar-refractivity contribution in [3.05, 3.63) is 44.5 Å². The van der Waals surface area contributed by atoms with Gasteiger partial charge in [0.1, 0.15) is 0 Å². The van der Waals surface area contributed by atoms with Gasteiger partial charge in [-0.15, -0.1) is 0 Å². The number of carboxylic acids is 1. The Morgan fingerprint density at radius 2 is 2.08 bits per heavy atom. The highest BCUT2D eigenvalue weighted by Gasteiger charge is 2.34. The summed E-state index contributed by atoms with van der Waals surface area (Å²) in [5.41, 5.74) is -0.687. The number of halogens is 4. The number of aromatic amines is 1. The van der Waals surface area contributed by atoms with Crippen molar-refractivity contribution < 1.29 is 23.1 Å². The number of hydrogen-bond donors (Lipinski definition) is 2. The first kappa shape index (κ1) is 17.3. The molecule has 25 heavy (non-hydrogen) atoms. The third-order valence-electron chi connectivity index (χ3n) is 3.86. The number of aromatic nitrogens is 3. The minimum Gasteiger partial charge on any atom is -0.481 e. The first-order valence-electron chi connectivity index (χ1n) is 7.12. The summed E-state index contributed by atoms with van der Waals surface area (Å²) in [7, 11) is 0. The van der Waals surface area contributed by atoms with Crippen molar-refractivity contribution >= 4 is 34.3 Å². The maximum absolute atomic E-state index is 13.0. The summed E-state index contributed by atoms with van der Waals surface area (Å²) < 4.78 is 40.4. The minimum absolute atomic E-state index is 0.0267. The Morgan fingerprint density at radius 3 is 2.68 bits per heavy atom. The van der Waals surface area contributed by atoms with Crippen molar-refractivity contribution in [2.75, 3.05) is 0 Å². The molecule has 6 nitrogen and oxygen atoms in total. The number of hydrogen-bond acceptors (Lipinski definition) is 3. The summed E-state index contributed by atoms with van der Waals surface area (Å²) >= 11 is 5.77. The van der Waals surface area contributed by atoms with E-state index in [9.17, 15) is 22.8 Å². The van der Waals surface area contributed by atoms with Crippen LogP contribution in [0.4, 0.5) is 13.2 Å². The molecule has 132 valence electrons. The summed E-state index contributed by atoms with van der Waals surface area (Å²) in [4.78, 5) is 29.4. The van der Waals surface area contributed by atoms with Crippen molar-refractivity contribution in [2.45, 2.75) is 25.9 Å². The number of imidazole rings is 1. The van der Waals surface area contributed by atoms with Gasteiger partial charge in [-0.3, -0.25) is 14.0 Å². The van der Waals surface area contributed by atoms with E-state index in [4.69, 9.17) is 16.7 Å². The molecule has 3 rings (SSSR count). The molecule has 2 N–H and O–H groups in total. The number of benzene rings is 1. The number of H-pyrrole nitrogens is 1. The molecule has 0 saturated carbocycles. The van der Waals surface area contributed by atoms with Gasteiger partial charge in [-0.25, -0.2) is 4.98 Å². The van der Waals surface area contributed by atoms with Crippen LogP contribution < -0.4 is 5.56 Å². The van der Waals surface area contributed by atoms with Gasteiger partial charge in [0, 0.05) is 12.1 Å². The molecule has 0 aliphatic rings. The van der Waals surface area contributed by atoms with Crippen LogP contribution in [0.15, 0.2) is 16.9 Å². The van der Waals surface area contributed by atoms with Crippen LogP contribution in [0, 0.1) is 6.92 Å². The van der Waals surface area contributed by atoms with Crippen LogP contribution in [-0.2, 0) is 17.4 Å². The predicted molar refractivity (Wildman–Crippen MR) is 84.0 cm³/mol. The third kappa shape index (κ3) is 2.95. The average molecular weight is 374 g/mol. The first-order valence-corrected chi connectivity index (χ1v) is 7.50. The van der Waals surface area contributed by atoms with Crippen LogP contribution in [0.2, 0.25) is 5.02 Å². The van der Waals surface area contributed by atoms with E-state index < -0.39 is 28.3 Å². The van der Waals surface area contributed by atoms with E-state index in [1.807, 2.05) is 0 Å². The van der Waals surface area contributed by atoms with Crippen molar-refractivity contribution in [1.82, 2.24) is 14.4 Å². The summed E-state index contributed by atoms with van der Waals surface area (Å²) in [6, 6.07) is 1.88. The van der Waals surface area contributed by atoms with Gasteiger partial charge in [-0.2, -0.15) is 13.2 Å². The Kier molecular flexibility index (Phi) is 3.98. The van der Waals surface area contributed by atoms with E-state index in [0.29, 0.717) is 11.4 Å². The van der Waals surface area contributed by atoms with Gasteiger partial charge in [0.15, 0.2) is 0 Å². The van der Waals surface area contributed by atoms with Gasteiger partial charge >= 0.3 is 12.1 Å². The Balaban J connectivity index is 2.32. The first-order chi connectivity index (χ1) is 11.6. The van der Waals surface area contributed by atoms with Gasteiger partial charge in [-0.1, -0.05) is 11.6 Å². The van der Waals surface area contributed by atoms with Crippen LogP contribution in [0.25, 0.3) is 16.7 Å².